The first-order chi connectivity index (χ1) is 11.5. The maximum atomic E-state index is 12.4. The van der Waals surface area contributed by atoms with Crippen molar-refractivity contribution in [1.29, 1.82) is 0 Å². The van der Waals surface area contributed by atoms with Crippen molar-refractivity contribution in [2.75, 3.05) is 10.6 Å². The number of hydrogen-bond acceptors (Lipinski definition) is 5. The molecule has 0 radical (unpaired) electrons. The highest BCUT2D eigenvalue weighted by molar-refractivity contribution is 7.14. The maximum Gasteiger partial charge on any atom is 0.275 e. The summed E-state index contributed by atoms with van der Waals surface area (Å²) < 4.78 is 0. The van der Waals surface area contributed by atoms with E-state index in [2.05, 4.69) is 20.6 Å². The van der Waals surface area contributed by atoms with Gasteiger partial charge in [-0.25, -0.2) is 9.97 Å². The Morgan fingerprint density at radius 3 is 2.62 bits per heavy atom. The Bertz CT molecular complexity index is 888. The molecule has 0 aliphatic heterocycles. The molecule has 0 aliphatic carbocycles. The molecule has 0 saturated carbocycles. The molecule has 1 aromatic carbocycles. The third-order valence-electron chi connectivity index (χ3n) is 3.71. The minimum atomic E-state index is -0.217. The number of anilines is 3. The van der Waals surface area contributed by atoms with Crippen LogP contribution in [0.25, 0.3) is 0 Å². The van der Waals surface area contributed by atoms with Gasteiger partial charge >= 0.3 is 0 Å². The van der Waals surface area contributed by atoms with Gasteiger partial charge in [0.25, 0.3) is 5.91 Å². The summed E-state index contributed by atoms with van der Waals surface area (Å²) in [5.41, 5.74) is 4.31. The van der Waals surface area contributed by atoms with Crippen LogP contribution >= 0.6 is 11.3 Å². The summed E-state index contributed by atoms with van der Waals surface area (Å²) in [5, 5.41) is 8.41. The second kappa shape index (κ2) is 6.80. The number of carbonyl (C=O) groups excluding carboxylic acids is 1. The lowest BCUT2D eigenvalue weighted by Gasteiger charge is -2.09. The zero-order chi connectivity index (χ0) is 17.1. The fourth-order valence-electron chi connectivity index (χ4n) is 2.23. The van der Waals surface area contributed by atoms with Crippen LogP contribution in [0, 0.1) is 20.8 Å². The van der Waals surface area contributed by atoms with Gasteiger partial charge in [0, 0.05) is 16.8 Å². The van der Waals surface area contributed by atoms with E-state index in [0.717, 1.165) is 22.5 Å². The number of benzene rings is 1. The molecule has 3 rings (SSSR count). The molecule has 6 heteroatoms. The number of aromatic nitrogens is 2. The molecule has 0 unspecified atom stereocenters. The number of carbonyl (C=O) groups is 1. The molecule has 3 aromatic rings. The van der Waals surface area contributed by atoms with Gasteiger partial charge < -0.3 is 10.6 Å². The molecule has 5 nitrogen and oxygen atoms in total. The lowest BCUT2D eigenvalue weighted by atomic mass is 10.1. The molecule has 2 heterocycles. The van der Waals surface area contributed by atoms with Crippen molar-refractivity contribution in [3.8, 4) is 0 Å². The predicted octanol–water partition coefficient (Wildman–Crippen LogP) is 4.46. The van der Waals surface area contributed by atoms with Crippen LogP contribution in [0.15, 0.2) is 41.8 Å². The van der Waals surface area contributed by atoms with E-state index in [-0.39, 0.29) is 5.91 Å². The lowest BCUT2D eigenvalue weighted by molar-refractivity contribution is 0.102. The largest absolute Gasteiger partial charge is 0.320 e. The number of nitrogens with zero attached hydrogens (tertiary/aromatic N) is 2. The minimum Gasteiger partial charge on any atom is -0.320 e. The van der Waals surface area contributed by atoms with Crippen LogP contribution in [0.4, 0.5) is 16.6 Å². The van der Waals surface area contributed by atoms with Gasteiger partial charge in [-0.1, -0.05) is 18.2 Å². The Labute approximate surface area is 144 Å². The molecule has 0 spiro atoms. The highest BCUT2D eigenvalue weighted by Gasteiger charge is 2.13. The Balaban J connectivity index is 1.73. The third-order valence-corrected chi connectivity index (χ3v) is 4.47. The summed E-state index contributed by atoms with van der Waals surface area (Å²) >= 11 is 1.37. The van der Waals surface area contributed by atoms with E-state index in [1.807, 2.05) is 57.2 Å². The van der Waals surface area contributed by atoms with Crippen molar-refractivity contribution in [2.24, 2.45) is 0 Å². The van der Waals surface area contributed by atoms with Crippen molar-refractivity contribution >= 4 is 33.9 Å². The molecular weight excluding hydrogens is 320 g/mol. The monoisotopic (exact) mass is 338 g/mol. The Morgan fingerprint density at radius 2 is 1.83 bits per heavy atom. The van der Waals surface area contributed by atoms with E-state index in [9.17, 15) is 4.79 Å². The first-order valence-corrected chi connectivity index (χ1v) is 8.44. The van der Waals surface area contributed by atoms with Crippen molar-refractivity contribution in [3.05, 3.63) is 64.3 Å². The van der Waals surface area contributed by atoms with Crippen LogP contribution in [0.1, 0.15) is 27.3 Å². The average Bonchev–Trinajstić information content (AvgIpc) is 3.00. The Kier molecular flexibility index (Phi) is 4.57. The molecule has 122 valence electrons. The molecule has 0 aliphatic rings. The summed E-state index contributed by atoms with van der Waals surface area (Å²) in [6.07, 6.45) is 0. The number of pyridine rings is 1. The molecular formula is C18H18N4OS. The van der Waals surface area contributed by atoms with Crippen molar-refractivity contribution in [1.82, 2.24) is 9.97 Å². The molecule has 0 atom stereocenters. The molecule has 0 saturated heterocycles. The number of thiazole rings is 1. The van der Waals surface area contributed by atoms with Gasteiger partial charge in [-0.3, -0.25) is 4.79 Å². The normalized spacial score (nSPS) is 10.5. The molecule has 24 heavy (non-hydrogen) atoms. The summed E-state index contributed by atoms with van der Waals surface area (Å²) in [5.74, 6) is 0.496. The maximum absolute atomic E-state index is 12.4. The van der Waals surface area contributed by atoms with E-state index >= 15 is 0 Å². The summed E-state index contributed by atoms with van der Waals surface area (Å²) in [7, 11) is 0. The van der Waals surface area contributed by atoms with E-state index < -0.39 is 0 Å². The van der Waals surface area contributed by atoms with Gasteiger partial charge in [0.05, 0.1) is 0 Å². The zero-order valence-corrected chi connectivity index (χ0v) is 14.6. The number of aryl methyl sites for hydroxylation is 2. The number of amides is 1. The van der Waals surface area contributed by atoms with Gasteiger partial charge in [-0.15, -0.1) is 11.3 Å². The predicted molar refractivity (Wildman–Crippen MR) is 98.2 cm³/mol. The van der Waals surface area contributed by atoms with Crippen LogP contribution in [0.5, 0.6) is 0 Å². The van der Waals surface area contributed by atoms with E-state index in [4.69, 9.17) is 0 Å². The molecule has 0 fully saturated rings. The first kappa shape index (κ1) is 16.1. The van der Waals surface area contributed by atoms with Gasteiger partial charge in [0.15, 0.2) is 5.13 Å². The second-order valence-corrected chi connectivity index (χ2v) is 6.39. The summed E-state index contributed by atoms with van der Waals surface area (Å²) in [4.78, 5) is 21.1. The topological polar surface area (TPSA) is 66.9 Å². The third kappa shape index (κ3) is 3.60. The van der Waals surface area contributed by atoms with Crippen LogP contribution in [0.3, 0.4) is 0 Å². The van der Waals surface area contributed by atoms with Gasteiger partial charge in [-0.05, 0) is 50.1 Å². The van der Waals surface area contributed by atoms with E-state index in [0.29, 0.717) is 16.6 Å². The first-order valence-electron chi connectivity index (χ1n) is 7.57. The highest BCUT2D eigenvalue weighted by atomic mass is 32.1. The SMILES string of the molecule is Cc1cccc(Nc2nc(C(=O)Nc3cccc(C)c3C)cs2)n1. The number of nitrogens with one attached hydrogen (secondary N) is 2. The molecule has 0 bridgehead atoms. The summed E-state index contributed by atoms with van der Waals surface area (Å²) in [6.45, 7) is 5.93. The van der Waals surface area contributed by atoms with Gasteiger partial charge in [0.1, 0.15) is 11.5 Å². The second-order valence-electron chi connectivity index (χ2n) is 5.53. The van der Waals surface area contributed by atoms with Crippen molar-refractivity contribution in [3.63, 3.8) is 0 Å². The minimum absolute atomic E-state index is 0.217. The van der Waals surface area contributed by atoms with Gasteiger partial charge in [0.2, 0.25) is 0 Å². The Morgan fingerprint density at radius 1 is 1.04 bits per heavy atom. The van der Waals surface area contributed by atoms with Crippen LogP contribution in [0.2, 0.25) is 0 Å². The fraction of sp³-hybridized carbons (Fsp3) is 0.167. The van der Waals surface area contributed by atoms with Crippen LogP contribution in [-0.4, -0.2) is 15.9 Å². The van der Waals surface area contributed by atoms with Crippen molar-refractivity contribution in [2.45, 2.75) is 20.8 Å². The average molecular weight is 338 g/mol. The highest BCUT2D eigenvalue weighted by Crippen LogP contribution is 2.22. The van der Waals surface area contributed by atoms with Crippen LogP contribution < -0.4 is 10.6 Å². The van der Waals surface area contributed by atoms with Crippen molar-refractivity contribution < 1.29 is 4.79 Å². The standard InChI is InChI=1S/C18H18N4OS/c1-11-6-4-8-14(13(11)3)20-17(23)15-10-24-18(21-15)22-16-9-5-7-12(2)19-16/h4-10H,1-3H3,(H,20,23)(H,19,21,22). The molecule has 1 amide bonds. The van der Waals surface area contributed by atoms with E-state index in [1.165, 1.54) is 11.3 Å². The fourth-order valence-corrected chi connectivity index (χ4v) is 2.93. The summed E-state index contributed by atoms with van der Waals surface area (Å²) in [6, 6.07) is 11.6. The van der Waals surface area contributed by atoms with Crippen LogP contribution in [-0.2, 0) is 0 Å². The number of hydrogen-bond donors (Lipinski definition) is 2. The Hall–Kier alpha value is -2.73. The molecule has 2 N–H and O–H groups in total. The lowest BCUT2D eigenvalue weighted by Crippen LogP contribution is -2.13. The molecule has 2 aromatic heterocycles. The van der Waals surface area contributed by atoms with Gasteiger partial charge in [-0.2, -0.15) is 0 Å². The van der Waals surface area contributed by atoms with E-state index in [1.54, 1.807) is 5.38 Å². The zero-order valence-electron chi connectivity index (χ0n) is 13.8. The smallest absolute Gasteiger partial charge is 0.275 e. The quantitative estimate of drug-likeness (QED) is 0.737. The number of rotatable bonds is 4.